The Labute approximate surface area is 104 Å². The van der Waals surface area contributed by atoms with Crippen LogP contribution in [0.2, 0.25) is 0 Å². The van der Waals surface area contributed by atoms with Crippen LogP contribution in [0.1, 0.15) is 18.1 Å². The third-order valence-electron chi connectivity index (χ3n) is 2.81. The van der Waals surface area contributed by atoms with Gasteiger partial charge in [0.1, 0.15) is 17.4 Å². The maximum atomic E-state index is 11.3. The van der Waals surface area contributed by atoms with E-state index in [-0.39, 0.29) is 12.2 Å². The Kier molecular flexibility index (Phi) is 3.33. The lowest BCUT2D eigenvalue weighted by Crippen LogP contribution is -2.01. The van der Waals surface area contributed by atoms with Crippen molar-refractivity contribution in [3.05, 3.63) is 39.7 Å². The summed E-state index contributed by atoms with van der Waals surface area (Å²) in [6.45, 7) is 3.86. The number of nitriles is 1. The average Bonchev–Trinajstić information content (AvgIpc) is 2.35. The molecule has 1 heterocycles. The molecule has 2 rings (SSSR count). The number of fused-ring (bicyclic) bond motifs is 1. The van der Waals surface area contributed by atoms with Gasteiger partial charge in [0.05, 0.1) is 0 Å². The van der Waals surface area contributed by atoms with Crippen molar-refractivity contribution < 1.29 is 9.15 Å². The number of rotatable bonds is 3. The number of benzene rings is 1. The molecule has 0 saturated heterocycles. The van der Waals surface area contributed by atoms with Crippen LogP contribution in [0.15, 0.2) is 27.4 Å². The van der Waals surface area contributed by atoms with Gasteiger partial charge in [-0.25, -0.2) is 4.79 Å². The number of hydrogen-bond donors (Lipinski definition) is 0. The maximum Gasteiger partial charge on any atom is 0.336 e. The van der Waals surface area contributed by atoms with E-state index in [2.05, 4.69) is 0 Å². The molecular formula is C14H13NO3. The van der Waals surface area contributed by atoms with E-state index in [4.69, 9.17) is 14.4 Å². The Bertz CT molecular complexity index is 680. The van der Waals surface area contributed by atoms with E-state index in [1.54, 1.807) is 6.07 Å². The summed E-state index contributed by atoms with van der Waals surface area (Å²) in [6.07, 6.45) is 0.787. The molecule has 4 nitrogen and oxygen atoms in total. The molecule has 2 aromatic rings. The van der Waals surface area contributed by atoms with Crippen LogP contribution >= 0.6 is 0 Å². The highest BCUT2D eigenvalue weighted by Gasteiger charge is 2.09. The lowest BCUT2D eigenvalue weighted by atomic mass is 10.1. The second-order valence-electron chi connectivity index (χ2n) is 4.00. The Morgan fingerprint density at radius 3 is 2.83 bits per heavy atom. The molecule has 0 aliphatic heterocycles. The SMILES string of the molecule is CCc1cc2c(C)cc(=O)oc2cc1OCC#N. The van der Waals surface area contributed by atoms with Gasteiger partial charge in [0.15, 0.2) is 6.61 Å². The fraction of sp³-hybridized carbons (Fsp3) is 0.286. The number of hydrogen-bond acceptors (Lipinski definition) is 4. The minimum atomic E-state index is -0.379. The van der Waals surface area contributed by atoms with E-state index in [0.29, 0.717) is 11.3 Å². The Balaban J connectivity index is 2.65. The fourth-order valence-electron chi connectivity index (χ4n) is 1.91. The molecule has 0 bridgehead atoms. The quantitative estimate of drug-likeness (QED) is 0.777. The monoisotopic (exact) mass is 243 g/mol. The van der Waals surface area contributed by atoms with Crippen molar-refractivity contribution in [2.75, 3.05) is 6.61 Å². The van der Waals surface area contributed by atoms with Crippen LogP contribution in [0.3, 0.4) is 0 Å². The molecule has 0 atom stereocenters. The molecule has 0 amide bonds. The van der Waals surface area contributed by atoms with Crippen LogP contribution in [0, 0.1) is 18.3 Å². The van der Waals surface area contributed by atoms with Crippen LogP contribution in [0.4, 0.5) is 0 Å². The van der Waals surface area contributed by atoms with Crippen LogP contribution in [-0.4, -0.2) is 6.61 Å². The molecule has 0 unspecified atom stereocenters. The van der Waals surface area contributed by atoms with E-state index in [9.17, 15) is 4.79 Å². The van der Waals surface area contributed by atoms with E-state index in [1.165, 1.54) is 6.07 Å². The summed E-state index contributed by atoms with van der Waals surface area (Å²) >= 11 is 0. The lowest BCUT2D eigenvalue weighted by molar-refractivity contribution is 0.364. The number of nitrogens with zero attached hydrogens (tertiary/aromatic N) is 1. The zero-order valence-electron chi connectivity index (χ0n) is 10.3. The highest BCUT2D eigenvalue weighted by Crippen LogP contribution is 2.27. The zero-order chi connectivity index (χ0) is 13.1. The molecule has 0 aliphatic rings. The first kappa shape index (κ1) is 12.2. The summed E-state index contributed by atoms with van der Waals surface area (Å²) in [6, 6.07) is 7.02. The van der Waals surface area contributed by atoms with Gasteiger partial charge in [-0.15, -0.1) is 0 Å². The normalized spacial score (nSPS) is 10.3. The number of ether oxygens (including phenoxy) is 1. The van der Waals surface area contributed by atoms with Crippen LogP contribution in [0.25, 0.3) is 11.0 Å². The molecule has 4 heteroatoms. The largest absolute Gasteiger partial charge is 0.478 e. The van der Waals surface area contributed by atoms with Crippen molar-refractivity contribution >= 4 is 11.0 Å². The molecule has 0 N–H and O–H groups in total. The van der Waals surface area contributed by atoms with E-state index < -0.39 is 0 Å². The Morgan fingerprint density at radius 1 is 1.39 bits per heavy atom. The Morgan fingerprint density at radius 2 is 2.17 bits per heavy atom. The summed E-state index contributed by atoms with van der Waals surface area (Å²) < 4.78 is 10.5. The minimum absolute atomic E-state index is 0.0193. The van der Waals surface area contributed by atoms with Crippen LogP contribution < -0.4 is 10.4 Å². The predicted octanol–water partition coefficient (Wildman–Crippen LogP) is 2.57. The van der Waals surface area contributed by atoms with Gasteiger partial charge in [0.2, 0.25) is 0 Å². The van der Waals surface area contributed by atoms with E-state index in [0.717, 1.165) is 22.9 Å². The van der Waals surface area contributed by atoms with Crippen molar-refractivity contribution in [2.24, 2.45) is 0 Å². The van der Waals surface area contributed by atoms with Gasteiger partial charge in [-0.3, -0.25) is 0 Å². The molecule has 0 saturated carbocycles. The standard InChI is InChI=1S/C14H13NO3/c1-3-10-7-11-9(2)6-14(16)18-13(11)8-12(10)17-5-4-15/h6-8H,3,5H2,1-2H3. The highest BCUT2D eigenvalue weighted by atomic mass is 16.5. The van der Waals surface area contributed by atoms with Gasteiger partial charge in [0, 0.05) is 17.5 Å². The van der Waals surface area contributed by atoms with Crippen molar-refractivity contribution in [3.63, 3.8) is 0 Å². The topological polar surface area (TPSA) is 63.2 Å². The lowest BCUT2D eigenvalue weighted by Gasteiger charge is -2.10. The first-order valence-electron chi connectivity index (χ1n) is 5.73. The molecule has 1 aromatic carbocycles. The average molecular weight is 243 g/mol. The van der Waals surface area contributed by atoms with Crippen molar-refractivity contribution in [1.29, 1.82) is 5.26 Å². The smallest absolute Gasteiger partial charge is 0.336 e. The first-order valence-corrected chi connectivity index (χ1v) is 5.73. The molecule has 0 radical (unpaired) electrons. The zero-order valence-corrected chi connectivity index (χ0v) is 10.3. The summed E-state index contributed by atoms with van der Waals surface area (Å²) in [4.78, 5) is 11.3. The summed E-state index contributed by atoms with van der Waals surface area (Å²) in [5.41, 5.74) is 1.98. The molecule has 0 fully saturated rings. The van der Waals surface area contributed by atoms with Crippen LogP contribution in [0.5, 0.6) is 5.75 Å². The van der Waals surface area contributed by atoms with Crippen molar-refractivity contribution in [3.8, 4) is 11.8 Å². The summed E-state index contributed by atoms with van der Waals surface area (Å²) in [5.74, 6) is 0.598. The molecule has 92 valence electrons. The van der Waals surface area contributed by atoms with Gasteiger partial charge in [-0.05, 0) is 30.5 Å². The third kappa shape index (κ3) is 2.21. The second-order valence-corrected chi connectivity index (χ2v) is 4.00. The number of aryl methyl sites for hydroxylation is 2. The first-order chi connectivity index (χ1) is 8.65. The molecule has 0 spiro atoms. The summed E-state index contributed by atoms with van der Waals surface area (Å²) in [7, 11) is 0. The maximum absolute atomic E-state index is 11.3. The van der Waals surface area contributed by atoms with Crippen molar-refractivity contribution in [2.45, 2.75) is 20.3 Å². The molecule has 18 heavy (non-hydrogen) atoms. The van der Waals surface area contributed by atoms with Crippen molar-refractivity contribution in [1.82, 2.24) is 0 Å². The molecule has 0 aliphatic carbocycles. The second kappa shape index (κ2) is 4.92. The van der Waals surface area contributed by atoms with E-state index >= 15 is 0 Å². The predicted molar refractivity (Wildman–Crippen MR) is 67.7 cm³/mol. The van der Waals surface area contributed by atoms with Gasteiger partial charge in [-0.1, -0.05) is 6.92 Å². The van der Waals surface area contributed by atoms with E-state index in [1.807, 2.05) is 26.0 Å². The summed E-state index contributed by atoms with van der Waals surface area (Å²) in [5, 5.41) is 9.44. The van der Waals surface area contributed by atoms with Gasteiger partial charge < -0.3 is 9.15 Å². The fourth-order valence-corrected chi connectivity index (χ4v) is 1.91. The van der Waals surface area contributed by atoms with Gasteiger partial charge >= 0.3 is 5.63 Å². The molecule has 1 aromatic heterocycles. The van der Waals surface area contributed by atoms with Gasteiger partial charge in [-0.2, -0.15) is 5.26 Å². The Hall–Kier alpha value is -2.28. The van der Waals surface area contributed by atoms with Gasteiger partial charge in [0.25, 0.3) is 0 Å². The van der Waals surface area contributed by atoms with Crippen LogP contribution in [-0.2, 0) is 6.42 Å². The highest BCUT2D eigenvalue weighted by molar-refractivity contribution is 5.82. The molecular weight excluding hydrogens is 230 g/mol. The minimum Gasteiger partial charge on any atom is -0.478 e. The third-order valence-corrected chi connectivity index (χ3v) is 2.81.